The van der Waals surface area contributed by atoms with Crippen molar-refractivity contribution in [1.29, 1.82) is 0 Å². The molecule has 0 atom stereocenters. The van der Waals surface area contributed by atoms with Gasteiger partial charge in [-0.1, -0.05) is 0 Å². The summed E-state index contributed by atoms with van der Waals surface area (Å²) in [6.07, 6.45) is -1.26. The number of hydrogen-bond acceptors (Lipinski definition) is 4. The molecule has 8 heteroatoms. The average molecular weight is 358 g/mol. The molecule has 4 rings (SSSR count). The van der Waals surface area contributed by atoms with Crippen molar-refractivity contribution in [3.63, 3.8) is 0 Å². The number of ether oxygens (including phenoxy) is 1. The highest BCUT2D eigenvalue weighted by atomic mass is 19.4. The smallest absolute Gasteiger partial charge is 0.406 e. The lowest BCUT2D eigenvalue weighted by atomic mass is 10.1. The van der Waals surface area contributed by atoms with E-state index < -0.39 is 6.36 Å². The summed E-state index contributed by atoms with van der Waals surface area (Å²) >= 11 is 0. The molecule has 3 heterocycles. The molecule has 0 unspecified atom stereocenters. The third-order valence-electron chi connectivity index (χ3n) is 3.91. The van der Waals surface area contributed by atoms with Crippen molar-refractivity contribution in [2.75, 3.05) is 6.54 Å². The summed E-state index contributed by atoms with van der Waals surface area (Å²) in [5, 5.41) is 4.56. The second-order valence-corrected chi connectivity index (χ2v) is 5.71. The molecular formula is C18H13F3N4O. The number of fused-ring (bicyclic) bond motifs is 1. The fraction of sp³-hybridized carbons (Fsp3) is 0.167. The standard InChI is InChI=1S/C18H13F3N4O/c19-18(20,21)26-15-3-1-12(2-4-15)16-9-13(5-6-23-16)17-10-14-11-22-7-8-25(14)24-17/h1-6,9-11H,7-8H2. The van der Waals surface area contributed by atoms with Crippen molar-refractivity contribution in [1.82, 2.24) is 14.8 Å². The van der Waals surface area contributed by atoms with Crippen LogP contribution in [0, 0.1) is 0 Å². The number of benzene rings is 1. The summed E-state index contributed by atoms with van der Waals surface area (Å²) in [7, 11) is 0. The van der Waals surface area contributed by atoms with Gasteiger partial charge in [0.2, 0.25) is 0 Å². The first kappa shape index (κ1) is 16.3. The highest BCUT2D eigenvalue weighted by Gasteiger charge is 2.31. The summed E-state index contributed by atoms with van der Waals surface area (Å²) in [5.74, 6) is -0.265. The van der Waals surface area contributed by atoms with E-state index in [4.69, 9.17) is 0 Å². The highest BCUT2D eigenvalue weighted by Crippen LogP contribution is 2.28. The van der Waals surface area contributed by atoms with Crippen LogP contribution in [0.1, 0.15) is 5.69 Å². The van der Waals surface area contributed by atoms with Gasteiger partial charge in [0.05, 0.1) is 30.2 Å². The number of nitrogens with zero attached hydrogens (tertiary/aromatic N) is 4. The maximum Gasteiger partial charge on any atom is 0.573 e. The minimum Gasteiger partial charge on any atom is -0.406 e. The van der Waals surface area contributed by atoms with E-state index in [9.17, 15) is 13.2 Å². The molecule has 1 aliphatic heterocycles. The van der Waals surface area contributed by atoms with Crippen molar-refractivity contribution in [3.8, 4) is 28.3 Å². The van der Waals surface area contributed by atoms with Crippen LogP contribution in [-0.4, -0.2) is 33.9 Å². The van der Waals surface area contributed by atoms with Crippen LogP contribution in [0.2, 0.25) is 0 Å². The minimum absolute atomic E-state index is 0.265. The predicted molar refractivity (Wildman–Crippen MR) is 90.0 cm³/mol. The van der Waals surface area contributed by atoms with Gasteiger partial charge in [0.15, 0.2) is 0 Å². The van der Waals surface area contributed by atoms with Gasteiger partial charge in [0.25, 0.3) is 0 Å². The summed E-state index contributed by atoms with van der Waals surface area (Å²) < 4.78 is 42.5. The molecular weight excluding hydrogens is 345 g/mol. The Morgan fingerprint density at radius 2 is 1.77 bits per heavy atom. The zero-order chi connectivity index (χ0) is 18.1. The van der Waals surface area contributed by atoms with E-state index in [0.717, 1.165) is 23.5 Å². The Kier molecular flexibility index (Phi) is 3.95. The molecule has 0 spiro atoms. The van der Waals surface area contributed by atoms with Gasteiger partial charge in [0, 0.05) is 23.5 Å². The molecule has 0 bridgehead atoms. The van der Waals surface area contributed by atoms with Crippen molar-refractivity contribution < 1.29 is 17.9 Å². The van der Waals surface area contributed by atoms with E-state index in [-0.39, 0.29) is 5.75 Å². The van der Waals surface area contributed by atoms with E-state index in [1.807, 2.05) is 22.9 Å². The monoisotopic (exact) mass is 358 g/mol. The Morgan fingerprint density at radius 1 is 0.962 bits per heavy atom. The number of aliphatic imine (C=N–C) groups is 1. The van der Waals surface area contributed by atoms with Crippen LogP contribution < -0.4 is 4.74 Å². The molecule has 0 saturated heterocycles. The topological polar surface area (TPSA) is 52.3 Å². The van der Waals surface area contributed by atoms with E-state index >= 15 is 0 Å². The van der Waals surface area contributed by atoms with Crippen LogP contribution in [0.15, 0.2) is 53.7 Å². The third kappa shape index (κ3) is 3.44. The SMILES string of the molecule is FC(F)(F)Oc1ccc(-c2cc(-c3cc4n(n3)CCN=C4)ccn2)cc1. The normalized spacial score (nSPS) is 13.5. The van der Waals surface area contributed by atoms with Crippen molar-refractivity contribution >= 4 is 6.21 Å². The Labute approximate surface area is 146 Å². The Bertz CT molecular complexity index is 961. The Balaban J connectivity index is 1.61. The number of alkyl halides is 3. The molecule has 0 fully saturated rings. The third-order valence-corrected chi connectivity index (χ3v) is 3.91. The lowest BCUT2D eigenvalue weighted by Crippen LogP contribution is -2.16. The molecule has 1 aliphatic rings. The van der Waals surface area contributed by atoms with E-state index in [2.05, 4.69) is 19.8 Å². The average Bonchev–Trinajstić information content (AvgIpc) is 3.05. The van der Waals surface area contributed by atoms with Crippen LogP contribution in [0.3, 0.4) is 0 Å². The number of halogens is 3. The molecule has 0 radical (unpaired) electrons. The zero-order valence-corrected chi connectivity index (χ0v) is 13.4. The van der Waals surface area contributed by atoms with E-state index in [1.165, 1.54) is 24.3 Å². The van der Waals surface area contributed by atoms with Crippen LogP contribution in [-0.2, 0) is 6.54 Å². The molecule has 2 aromatic heterocycles. The molecule has 132 valence electrons. The summed E-state index contributed by atoms with van der Waals surface area (Å²) in [5.41, 5.74) is 3.95. The molecule has 0 amide bonds. The predicted octanol–water partition coefficient (Wildman–Crippen LogP) is 3.94. The number of pyridine rings is 1. The molecule has 0 aliphatic carbocycles. The van der Waals surface area contributed by atoms with Gasteiger partial charge in [-0.3, -0.25) is 14.7 Å². The quantitative estimate of drug-likeness (QED) is 0.713. The number of rotatable bonds is 3. The summed E-state index contributed by atoms with van der Waals surface area (Å²) in [6, 6.07) is 11.3. The van der Waals surface area contributed by atoms with E-state index in [0.29, 0.717) is 17.8 Å². The van der Waals surface area contributed by atoms with Gasteiger partial charge >= 0.3 is 6.36 Å². The van der Waals surface area contributed by atoms with Crippen molar-refractivity contribution in [2.24, 2.45) is 4.99 Å². The largest absolute Gasteiger partial charge is 0.573 e. The maximum absolute atomic E-state index is 12.3. The highest BCUT2D eigenvalue weighted by molar-refractivity contribution is 5.81. The molecule has 0 saturated carbocycles. The molecule has 0 N–H and O–H groups in total. The summed E-state index contributed by atoms with van der Waals surface area (Å²) in [4.78, 5) is 8.53. The minimum atomic E-state index is -4.71. The first-order valence-corrected chi connectivity index (χ1v) is 7.88. The second kappa shape index (κ2) is 6.29. The van der Waals surface area contributed by atoms with Gasteiger partial charge in [-0.2, -0.15) is 5.10 Å². The first-order chi connectivity index (χ1) is 12.5. The van der Waals surface area contributed by atoms with Gasteiger partial charge in [-0.05, 0) is 42.5 Å². The molecule has 26 heavy (non-hydrogen) atoms. The van der Waals surface area contributed by atoms with Crippen LogP contribution in [0.4, 0.5) is 13.2 Å². The van der Waals surface area contributed by atoms with Crippen LogP contribution >= 0.6 is 0 Å². The molecule has 5 nitrogen and oxygen atoms in total. The fourth-order valence-corrected chi connectivity index (χ4v) is 2.74. The Hall–Kier alpha value is -3.16. The van der Waals surface area contributed by atoms with Gasteiger partial charge in [-0.15, -0.1) is 13.2 Å². The zero-order valence-electron chi connectivity index (χ0n) is 13.4. The first-order valence-electron chi connectivity index (χ1n) is 7.88. The second-order valence-electron chi connectivity index (χ2n) is 5.71. The number of hydrogen-bond donors (Lipinski definition) is 0. The van der Waals surface area contributed by atoms with Crippen molar-refractivity contribution in [3.05, 3.63) is 54.4 Å². The summed E-state index contributed by atoms with van der Waals surface area (Å²) in [6.45, 7) is 1.45. The lowest BCUT2D eigenvalue weighted by molar-refractivity contribution is -0.274. The maximum atomic E-state index is 12.3. The van der Waals surface area contributed by atoms with E-state index in [1.54, 1.807) is 12.4 Å². The Morgan fingerprint density at radius 3 is 2.50 bits per heavy atom. The lowest BCUT2D eigenvalue weighted by Gasteiger charge is -2.09. The molecule has 1 aromatic carbocycles. The van der Waals surface area contributed by atoms with Crippen LogP contribution in [0.5, 0.6) is 5.75 Å². The number of aromatic nitrogens is 3. The van der Waals surface area contributed by atoms with Gasteiger partial charge in [-0.25, -0.2) is 0 Å². The fourth-order valence-electron chi connectivity index (χ4n) is 2.74. The molecule has 3 aromatic rings. The van der Waals surface area contributed by atoms with Crippen LogP contribution in [0.25, 0.3) is 22.5 Å². The van der Waals surface area contributed by atoms with Crippen molar-refractivity contribution in [2.45, 2.75) is 12.9 Å². The van der Waals surface area contributed by atoms with Gasteiger partial charge < -0.3 is 4.74 Å². The van der Waals surface area contributed by atoms with Gasteiger partial charge in [0.1, 0.15) is 5.75 Å².